The van der Waals surface area contributed by atoms with E-state index in [1.54, 1.807) is 31.4 Å². The van der Waals surface area contributed by atoms with Crippen LogP contribution in [-0.4, -0.2) is 31.1 Å². The normalized spacial score (nSPS) is 10.4. The molecule has 0 fully saturated rings. The summed E-state index contributed by atoms with van der Waals surface area (Å²) in [5, 5.41) is 5.62. The number of hydrogen-bond donors (Lipinski definition) is 1. The van der Waals surface area contributed by atoms with Crippen molar-refractivity contribution >= 4 is 28.9 Å². The lowest BCUT2D eigenvalue weighted by atomic mass is 10.1. The lowest BCUT2D eigenvalue weighted by Crippen LogP contribution is -2.15. The first-order valence-corrected chi connectivity index (χ1v) is 9.54. The molecule has 1 heterocycles. The SMILES string of the molecule is COC(=O)c1ccccc1NC(=O)CCc1nc(-c2ccc(OC)cc2)cs1. The van der Waals surface area contributed by atoms with Gasteiger partial charge in [0.05, 0.1) is 36.2 Å². The summed E-state index contributed by atoms with van der Waals surface area (Å²) in [5.74, 6) is 0.126. The van der Waals surface area contributed by atoms with E-state index in [0.29, 0.717) is 17.7 Å². The molecule has 3 aromatic rings. The molecule has 0 bridgehead atoms. The zero-order chi connectivity index (χ0) is 19.9. The third-order valence-corrected chi connectivity index (χ3v) is 5.02. The summed E-state index contributed by atoms with van der Waals surface area (Å²) < 4.78 is 9.90. The second-order valence-electron chi connectivity index (χ2n) is 5.94. The number of rotatable bonds is 7. The number of aromatic nitrogens is 1. The third kappa shape index (κ3) is 4.75. The standard InChI is InChI=1S/C21H20N2O4S/c1-26-15-9-7-14(8-10-15)18-13-28-20(23-18)12-11-19(24)22-17-6-4-3-5-16(17)21(25)27-2/h3-10,13H,11-12H2,1-2H3,(H,22,24). The van der Waals surface area contributed by atoms with Gasteiger partial charge in [0.25, 0.3) is 0 Å². The fourth-order valence-electron chi connectivity index (χ4n) is 2.63. The van der Waals surface area contributed by atoms with Crippen LogP contribution in [0.15, 0.2) is 53.9 Å². The Bertz CT molecular complexity index is 967. The molecular formula is C21H20N2O4S. The van der Waals surface area contributed by atoms with Crippen molar-refractivity contribution in [3.63, 3.8) is 0 Å². The summed E-state index contributed by atoms with van der Waals surface area (Å²) >= 11 is 1.52. The van der Waals surface area contributed by atoms with Gasteiger partial charge >= 0.3 is 5.97 Å². The van der Waals surface area contributed by atoms with Crippen LogP contribution in [0.4, 0.5) is 5.69 Å². The molecule has 6 nitrogen and oxygen atoms in total. The van der Waals surface area contributed by atoms with Crippen LogP contribution in [0, 0.1) is 0 Å². The van der Waals surface area contributed by atoms with E-state index >= 15 is 0 Å². The van der Waals surface area contributed by atoms with Crippen LogP contribution in [0.3, 0.4) is 0 Å². The number of ether oxygens (including phenoxy) is 2. The highest BCUT2D eigenvalue weighted by atomic mass is 32.1. The van der Waals surface area contributed by atoms with E-state index in [1.165, 1.54) is 18.4 Å². The van der Waals surface area contributed by atoms with E-state index in [4.69, 9.17) is 9.47 Å². The lowest BCUT2D eigenvalue weighted by Gasteiger charge is -2.09. The number of carbonyl (C=O) groups excluding carboxylic acids is 2. The fourth-order valence-corrected chi connectivity index (χ4v) is 3.44. The second-order valence-corrected chi connectivity index (χ2v) is 6.88. The monoisotopic (exact) mass is 396 g/mol. The van der Waals surface area contributed by atoms with Gasteiger partial charge in [-0.2, -0.15) is 0 Å². The van der Waals surface area contributed by atoms with Gasteiger partial charge in [-0.25, -0.2) is 9.78 Å². The van der Waals surface area contributed by atoms with E-state index < -0.39 is 5.97 Å². The number of methoxy groups -OCH3 is 2. The summed E-state index contributed by atoms with van der Waals surface area (Å²) in [6.07, 6.45) is 0.790. The Labute approximate surface area is 167 Å². The number of nitrogens with one attached hydrogen (secondary N) is 1. The molecule has 3 rings (SSSR count). The van der Waals surface area contributed by atoms with Crippen molar-refractivity contribution in [2.45, 2.75) is 12.8 Å². The predicted molar refractivity (Wildman–Crippen MR) is 109 cm³/mol. The van der Waals surface area contributed by atoms with Crippen molar-refractivity contribution in [3.8, 4) is 17.0 Å². The zero-order valence-corrected chi connectivity index (χ0v) is 16.4. The predicted octanol–water partition coefficient (Wildman–Crippen LogP) is 4.18. The Morgan fingerprint density at radius 3 is 2.54 bits per heavy atom. The average Bonchev–Trinajstić information content (AvgIpc) is 3.21. The minimum absolute atomic E-state index is 0.183. The van der Waals surface area contributed by atoms with E-state index in [9.17, 15) is 9.59 Å². The molecule has 0 saturated heterocycles. The van der Waals surface area contributed by atoms with Crippen LogP contribution in [0.5, 0.6) is 5.75 Å². The topological polar surface area (TPSA) is 77.5 Å². The summed E-state index contributed by atoms with van der Waals surface area (Å²) in [6, 6.07) is 14.4. The van der Waals surface area contributed by atoms with Crippen LogP contribution in [0.2, 0.25) is 0 Å². The average molecular weight is 396 g/mol. The van der Waals surface area contributed by atoms with Gasteiger partial charge < -0.3 is 14.8 Å². The first kappa shape index (κ1) is 19.6. The summed E-state index contributed by atoms with van der Waals surface area (Å²) in [5.41, 5.74) is 2.64. The van der Waals surface area contributed by atoms with E-state index in [0.717, 1.165) is 22.0 Å². The van der Waals surface area contributed by atoms with Crippen molar-refractivity contribution < 1.29 is 19.1 Å². The Kier molecular flexibility index (Phi) is 6.39. The maximum absolute atomic E-state index is 12.3. The van der Waals surface area contributed by atoms with Crippen LogP contribution in [0.25, 0.3) is 11.3 Å². The van der Waals surface area contributed by atoms with Gasteiger partial charge in [0.15, 0.2) is 0 Å². The van der Waals surface area contributed by atoms with Gasteiger partial charge in [-0.1, -0.05) is 12.1 Å². The smallest absolute Gasteiger partial charge is 0.339 e. The van der Waals surface area contributed by atoms with Crippen LogP contribution >= 0.6 is 11.3 Å². The highest BCUT2D eigenvalue weighted by Crippen LogP contribution is 2.25. The number of esters is 1. The molecule has 0 saturated carbocycles. The van der Waals surface area contributed by atoms with Crippen LogP contribution in [0.1, 0.15) is 21.8 Å². The Hall–Kier alpha value is -3.19. The van der Waals surface area contributed by atoms with Crippen molar-refractivity contribution in [2.24, 2.45) is 0 Å². The lowest BCUT2D eigenvalue weighted by molar-refractivity contribution is -0.116. The number of carbonyl (C=O) groups is 2. The quantitative estimate of drug-likeness (QED) is 0.606. The Morgan fingerprint density at radius 1 is 1.07 bits per heavy atom. The van der Waals surface area contributed by atoms with E-state index in [2.05, 4.69) is 10.3 Å². The molecule has 0 spiro atoms. The minimum atomic E-state index is -0.486. The third-order valence-electron chi connectivity index (χ3n) is 4.11. The zero-order valence-electron chi connectivity index (χ0n) is 15.6. The molecule has 1 N–H and O–H groups in total. The fraction of sp³-hybridized carbons (Fsp3) is 0.190. The van der Waals surface area contributed by atoms with E-state index in [1.807, 2.05) is 29.6 Å². The highest BCUT2D eigenvalue weighted by Gasteiger charge is 2.14. The van der Waals surface area contributed by atoms with Crippen molar-refractivity contribution in [1.82, 2.24) is 4.98 Å². The molecule has 0 aliphatic heterocycles. The first-order valence-electron chi connectivity index (χ1n) is 8.66. The summed E-state index contributed by atoms with van der Waals surface area (Å²) in [7, 11) is 2.94. The summed E-state index contributed by atoms with van der Waals surface area (Å²) in [4.78, 5) is 28.7. The van der Waals surface area contributed by atoms with Crippen molar-refractivity contribution in [1.29, 1.82) is 0 Å². The van der Waals surface area contributed by atoms with Gasteiger partial charge in [0.2, 0.25) is 5.91 Å². The van der Waals surface area contributed by atoms with Gasteiger partial charge in [-0.15, -0.1) is 11.3 Å². The maximum Gasteiger partial charge on any atom is 0.339 e. The number of amides is 1. The number of hydrogen-bond acceptors (Lipinski definition) is 6. The Morgan fingerprint density at radius 2 is 1.82 bits per heavy atom. The molecule has 1 aromatic heterocycles. The van der Waals surface area contributed by atoms with Gasteiger partial charge in [-0.3, -0.25) is 4.79 Å². The first-order chi connectivity index (χ1) is 13.6. The molecular weight excluding hydrogens is 376 g/mol. The highest BCUT2D eigenvalue weighted by molar-refractivity contribution is 7.09. The van der Waals surface area contributed by atoms with Crippen molar-refractivity contribution in [2.75, 3.05) is 19.5 Å². The molecule has 28 heavy (non-hydrogen) atoms. The van der Waals surface area contributed by atoms with Crippen molar-refractivity contribution in [3.05, 3.63) is 64.5 Å². The molecule has 144 valence electrons. The van der Waals surface area contributed by atoms with Gasteiger partial charge in [0, 0.05) is 23.8 Å². The van der Waals surface area contributed by atoms with Crippen LogP contribution < -0.4 is 10.1 Å². The number of nitrogens with zero attached hydrogens (tertiary/aromatic N) is 1. The summed E-state index contributed by atoms with van der Waals surface area (Å²) in [6.45, 7) is 0. The number of aryl methyl sites for hydroxylation is 1. The molecule has 7 heteroatoms. The molecule has 1 amide bonds. The van der Waals surface area contributed by atoms with Crippen LogP contribution in [-0.2, 0) is 16.0 Å². The molecule has 0 aliphatic carbocycles. The molecule has 0 atom stereocenters. The molecule has 0 aliphatic rings. The molecule has 0 unspecified atom stereocenters. The van der Waals surface area contributed by atoms with Gasteiger partial charge in [-0.05, 0) is 36.4 Å². The number of thiazole rings is 1. The maximum atomic E-state index is 12.3. The Balaban J connectivity index is 1.60. The number of benzene rings is 2. The van der Waals surface area contributed by atoms with E-state index in [-0.39, 0.29) is 12.3 Å². The molecule has 2 aromatic carbocycles. The second kappa shape index (κ2) is 9.14. The number of anilines is 1. The minimum Gasteiger partial charge on any atom is -0.497 e. The van der Waals surface area contributed by atoms with Gasteiger partial charge in [0.1, 0.15) is 5.75 Å². The largest absolute Gasteiger partial charge is 0.497 e. The molecule has 0 radical (unpaired) electrons. The number of para-hydroxylation sites is 1.